The second-order valence-corrected chi connectivity index (χ2v) is 26.0. The van der Waals surface area contributed by atoms with Gasteiger partial charge < -0.3 is 49.1 Å². The molecular weight excluding hydrogens is 1240 g/mol. The van der Waals surface area contributed by atoms with Crippen LogP contribution < -0.4 is 24.2 Å². The number of halogens is 2. The third-order valence-corrected chi connectivity index (χ3v) is 19.9. The minimum atomic E-state index is -1.30. The molecule has 6 aliphatic heterocycles. The number of fused-ring (bicyclic) bond motifs is 10. The molecule has 95 heavy (non-hydrogen) atoms. The minimum Gasteiger partial charge on any atom is -0.507 e. The number of aliphatic imine (C=N–C) groups is 1. The van der Waals surface area contributed by atoms with Crippen LogP contribution in [0, 0.1) is 13.8 Å². The van der Waals surface area contributed by atoms with E-state index in [1.807, 2.05) is 134 Å². The number of aliphatic hydroxyl groups excluding tert-OH is 1. The molecule has 5 atom stereocenters. The van der Waals surface area contributed by atoms with Crippen LogP contribution in [-0.4, -0.2) is 124 Å². The third kappa shape index (κ3) is 12.6. The van der Waals surface area contributed by atoms with E-state index in [9.17, 15) is 39.3 Å². The first-order chi connectivity index (χ1) is 46.1. The highest BCUT2D eigenvalue weighted by molar-refractivity contribution is 6.19. The summed E-state index contributed by atoms with van der Waals surface area (Å²) in [5.74, 6) is 1.70. The average Bonchev–Trinajstić information content (AvgIpc) is 1.66. The third-order valence-electron chi connectivity index (χ3n) is 19.2. The van der Waals surface area contributed by atoms with E-state index in [0.29, 0.717) is 84.0 Å². The number of alkyl halides is 2. The number of nitrogens with zero attached hydrogens (tertiary/aromatic N) is 6. The van der Waals surface area contributed by atoms with E-state index in [4.69, 9.17) is 37.4 Å². The molecule has 6 heterocycles. The van der Waals surface area contributed by atoms with E-state index in [2.05, 4.69) is 11.6 Å². The van der Waals surface area contributed by atoms with Crippen molar-refractivity contribution in [3.8, 4) is 23.0 Å². The zero-order valence-electron chi connectivity index (χ0n) is 53.0. The Morgan fingerprint density at radius 3 is 1.66 bits per heavy atom. The number of aryl methyl sites for hydroxylation is 2. The summed E-state index contributed by atoms with van der Waals surface area (Å²) in [6, 6.07) is 40.6. The monoisotopic (exact) mass is 1320 g/mol. The van der Waals surface area contributed by atoms with Gasteiger partial charge in [0.15, 0.2) is 6.23 Å². The molecule has 19 heteroatoms. The number of aromatic hydroxyl groups is 2. The number of carbonyl (C=O) groups excluding carboxylic acids is 5. The Kier molecular flexibility index (Phi) is 18.6. The lowest BCUT2D eigenvalue weighted by atomic mass is 9.95. The summed E-state index contributed by atoms with van der Waals surface area (Å²) in [6.45, 7) is 9.96. The smallest absolute Gasteiger partial charge is 0.416 e. The van der Waals surface area contributed by atoms with Crippen LogP contribution in [0.1, 0.15) is 116 Å². The van der Waals surface area contributed by atoms with E-state index < -0.39 is 18.4 Å². The first-order valence-electron chi connectivity index (χ1n) is 32.4. The Hall–Kier alpha value is -9.42. The van der Waals surface area contributed by atoms with Gasteiger partial charge in [0.05, 0.1) is 58.8 Å². The predicted molar refractivity (Wildman–Crippen MR) is 370 cm³/mol. The molecule has 0 aromatic heterocycles. The van der Waals surface area contributed by atoms with E-state index in [0.717, 1.165) is 110 Å². The second kappa shape index (κ2) is 27.5. The number of carbonyl (C=O) groups is 5. The lowest BCUT2D eigenvalue weighted by molar-refractivity contribution is -0.118. The van der Waals surface area contributed by atoms with Crippen LogP contribution in [0.3, 0.4) is 0 Å². The molecule has 2 fully saturated rings. The normalized spacial score (nSPS) is 19.3. The van der Waals surface area contributed by atoms with Crippen LogP contribution in [-0.2, 0) is 40.4 Å². The second-order valence-electron chi connectivity index (χ2n) is 25.4. The zero-order valence-corrected chi connectivity index (χ0v) is 54.5. The molecule has 0 radical (unpaired) electrons. The maximum Gasteiger partial charge on any atom is 0.416 e. The van der Waals surface area contributed by atoms with Gasteiger partial charge in [-0.1, -0.05) is 110 Å². The summed E-state index contributed by atoms with van der Waals surface area (Å²) < 4.78 is 17.9. The number of phenolic OH excluding ortho intramolecular Hbond substituents is 2. The molecule has 0 saturated carbocycles. The molecular formula is C76H74Cl2N6O11. The number of rotatable bonds is 14. The summed E-state index contributed by atoms with van der Waals surface area (Å²) in [5, 5.41) is 36.3. The van der Waals surface area contributed by atoms with Gasteiger partial charge in [-0.2, -0.15) is 0 Å². The fourth-order valence-corrected chi connectivity index (χ4v) is 15.0. The molecule has 14 rings (SSSR count). The molecule has 2 saturated heterocycles. The molecule has 8 aromatic rings. The van der Waals surface area contributed by atoms with Gasteiger partial charge in [0, 0.05) is 91.0 Å². The number of benzene rings is 8. The maximum absolute atomic E-state index is 13.8. The van der Waals surface area contributed by atoms with E-state index in [1.54, 1.807) is 39.0 Å². The van der Waals surface area contributed by atoms with Crippen molar-refractivity contribution in [2.24, 2.45) is 4.99 Å². The summed E-state index contributed by atoms with van der Waals surface area (Å²) in [4.78, 5) is 80.6. The Bertz CT molecular complexity index is 4400. The lowest BCUT2D eigenvalue weighted by Crippen LogP contribution is -2.55. The van der Waals surface area contributed by atoms with Crippen LogP contribution in [0.5, 0.6) is 23.0 Å². The predicted octanol–water partition coefficient (Wildman–Crippen LogP) is 13.9. The van der Waals surface area contributed by atoms with Crippen molar-refractivity contribution in [2.75, 3.05) is 59.2 Å². The summed E-state index contributed by atoms with van der Waals surface area (Å²) in [6.07, 6.45) is 6.89. The van der Waals surface area contributed by atoms with Crippen molar-refractivity contribution in [1.29, 1.82) is 0 Å². The first kappa shape index (κ1) is 64.3. The molecule has 0 spiro atoms. The van der Waals surface area contributed by atoms with Crippen LogP contribution >= 0.6 is 23.2 Å². The summed E-state index contributed by atoms with van der Waals surface area (Å²) in [5.41, 5.74) is 10.2. The van der Waals surface area contributed by atoms with Crippen molar-refractivity contribution < 1.29 is 53.5 Å². The fourth-order valence-electron chi connectivity index (χ4n) is 14.5. The maximum atomic E-state index is 13.8. The average molecular weight is 1320 g/mol. The Morgan fingerprint density at radius 2 is 1.11 bits per heavy atom. The van der Waals surface area contributed by atoms with Gasteiger partial charge in [-0.05, 0) is 120 Å². The van der Waals surface area contributed by atoms with Crippen molar-refractivity contribution >= 4 is 103 Å². The molecule has 17 nitrogen and oxygen atoms in total. The van der Waals surface area contributed by atoms with Crippen LogP contribution in [0.4, 0.5) is 27.5 Å². The number of ether oxygens (including phenoxy) is 3. The number of hydrogen-bond acceptors (Lipinski definition) is 12. The first-order valence-corrected chi connectivity index (χ1v) is 33.5. The van der Waals surface area contributed by atoms with E-state index >= 15 is 0 Å². The molecule has 0 aliphatic carbocycles. The Balaban J connectivity index is 0.000000174. The van der Waals surface area contributed by atoms with E-state index in [1.165, 1.54) is 6.08 Å². The number of anilines is 3. The SMILES string of the molecule is C=CCOC(=O)N1c2cc(OCc3cccc(CC(=O)N4C[C@@H](CCl)c5c4cc(O)c4ccccc54)c3)c(C)cc2C(=O)N2CCCC[C@H]2C1O.Cc1cc2c(cc1OCc1cccc(CC(=O)N3C[C@@H](CCl)c4c3cc(O)c3ccccc43)c1)N=C[C@@H]1CCCCN1C2=O. The molecule has 6 aliphatic rings. The number of amides is 5. The standard InChI is InChI=1S/C40H40ClN3O7.C36H34ClN3O4/c1-3-15-50-40(49)44-32-20-35(24(2)16-30(32)38(47)42-14-7-6-13-31(42)39(44)48)51-23-26-10-8-9-25(17-26)18-36(46)43-22-27(21-41)37-29-12-5-4-11-28(29)34(45)19-33(37)43;1-22-13-29-30(38-19-26-9-4-5-12-39(26)36(29)43)16-33(22)44-21-24-8-6-7-23(14-24)15-34(42)40-20-25(18-37)35-28-11-3-2-10-27(28)32(41)17-31(35)40/h3-5,8-12,16-17,19-20,27,31,39,45,48H,1,6-7,13-15,18,21-23H2,2H3;2-3,6-8,10-11,13-14,16-17,19,25-26,41H,4-5,9,12,15,18,20-21H2,1H3/t27-,31+,39?;25-,26+/m11/s1. The van der Waals surface area contributed by atoms with Crippen molar-refractivity contribution in [1.82, 2.24) is 9.80 Å². The Morgan fingerprint density at radius 1 is 0.600 bits per heavy atom. The number of piperidine rings is 2. The van der Waals surface area contributed by atoms with Gasteiger partial charge in [0.25, 0.3) is 11.8 Å². The molecule has 5 amide bonds. The molecule has 488 valence electrons. The zero-order chi connectivity index (χ0) is 66.2. The molecule has 1 unspecified atom stereocenters. The van der Waals surface area contributed by atoms with E-state index in [-0.39, 0.29) is 84.7 Å². The number of aliphatic hydroxyl groups is 1. The molecule has 8 aromatic carbocycles. The molecule has 3 N–H and O–H groups in total. The van der Waals surface area contributed by atoms with Crippen molar-refractivity contribution in [3.63, 3.8) is 0 Å². The van der Waals surface area contributed by atoms with Crippen LogP contribution in [0.15, 0.2) is 151 Å². The molecule has 0 bridgehead atoms. The highest BCUT2D eigenvalue weighted by atomic mass is 35.5. The number of phenols is 2. The van der Waals surface area contributed by atoms with Gasteiger partial charge in [-0.3, -0.25) is 24.2 Å². The summed E-state index contributed by atoms with van der Waals surface area (Å²) in [7, 11) is 0. The highest BCUT2D eigenvalue weighted by Crippen LogP contribution is 2.48. The summed E-state index contributed by atoms with van der Waals surface area (Å²) >= 11 is 12.7. The lowest BCUT2D eigenvalue weighted by Gasteiger charge is -2.38. The quantitative estimate of drug-likeness (QED) is 0.0690. The van der Waals surface area contributed by atoms with Crippen LogP contribution in [0.2, 0.25) is 0 Å². The minimum absolute atomic E-state index is 0.00845. The van der Waals surface area contributed by atoms with Gasteiger partial charge in [0.2, 0.25) is 11.8 Å². The fraction of sp³-hybridized carbons (Fsp3) is 0.316. The van der Waals surface area contributed by atoms with Crippen LogP contribution in [0.25, 0.3) is 21.5 Å². The van der Waals surface area contributed by atoms with Crippen molar-refractivity contribution in [3.05, 3.63) is 202 Å². The van der Waals surface area contributed by atoms with Crippen molar-refractivity contribution in [2.45, 2.75) is 109 Å². The van der Waals surface area contributed by atoms with Gasteiger partial charge in [-0.25, -0.2) is 9.69 Å². The highest BCUT2D eigenvalue weighted by Gasteiger charge is 2.45. The largest absolute Gasteiger partial charge is 0.507 e. The number of hydrogen-bond donors (Lipinski definition) is 3. The van der Waals surface area contributed by atoms with Gasteiger partial charge >= 0.3 is 6.09 Å². The van der Waals surface area contributed by atoms with Gasteiger partial charge in [-0.15, -0.1) is 23.2 Å². The Labute approximate surface area is 561 Å². The van der Waals surface area contributed by atoms with Gasteiger partial charge in [0.1, 0.15) is 42.8 Å². The topological polar surface area (TPSA) is 202 Å².